The first-order valence-electron chi connectivity index (χ1n) is 8.57. The number of rotatable bonds is 6. The summed E-state index contributed by atoms with van der Waals surface area (Å²) in [5, 5.41) is 19.5. The Labute approximate surface area is 171 Å². The first kappa shape index (κ1) is 20.3. The zero-order valence-corrected chi connectivity index (χ0v) is 16.8. The van der Waals surface area contributed by atoms with Crippen LogP contribution >= 0.6 is 11.6 Å². The zero-order valence-electron chi connectivity index (χ0n) is 16.0. The van der Waals surface area contributed by atoms with Gasteiger partial charge in [0, 0.05) is 36.3 Å². The molecule has 1 aromatic heterocycles. The summed E-state index contributed by atoms with van der Waals surface area (Å²) in [5.41, 5.74) is 1.75. The van der Waals surface area contributed by atoms with Crippen molar-refractivity contribution in [3.05, 3.63) is 74.6 Å². The second-order valence-electron chi connectivity index (χ2n) is 6.33. The number of nitro benzene ring substituents is 1. The van der Waals surface area contributed by atoms with Crippen LogP contribution in [0.4, 0.5) is 5.69 Å². The molecular formula is C19H18ClN5O4. The number of methoxy groups -OCH3 is 1. The highest BCUT2D eigenvalue weighted by atomic mass is 35.5. The van der Waals surface area contributed by atoms with Crippen LogP contribution in [0.1, 0.15) is 21.7 Å². The molecule has 150 valence electrons. The van der Waals surface area contributed by atoms with Crippen molar-refractivity contribution < 1.29 is 14.5 Å². The minimum absolute atomic E-state index is 0.0737. The average Bonchev–Trinajstić information content (AvgIpc) is 3.09. The van der Waals surface area contributed by atoms with E-state index < -0.39 is 4.92 Å². The summed E-state index contributed by atoms with van der Waals surface area (Å²) in [5.74, 6) is 0.271. The molecule has 2 aromatic carbocycles. The maximum absolute atomic E-state index is 12.9. The van der Waals surface area contributed by atoms with Crippen molar-refractivity contribution in [1.29, 1.82) is 0 Å². The van der Waals surface area contributed by atoms with E-state index in [0.717, 1.165) is 5.56 Å². The topological polar surface area (TPSA) is 103 Å². The Morgan fingerprint density at radius 1 is 1.31 bits per heavy atom. The van der Waals surface area contributed by atoms with Gasteiger partial charge in [0.15, 0.2) is 5.69 Å². The normalized spacial score (nSPS) is 10.6. The third-order valence-corrected chi connectivity index (χ3v) is 4.61. The molecular weight excluding hydrogens is 398 g/mol. The Kier molecular flexibility index (Phi) is 5.79. The van der Waals surface area contributed by atoms with Gasteiger partial charge in [-0.15, -0.1) is 5.10 Å². The number of non-ortho nitro benzene ring substituents is 1. The summed E-state index contributed by atoms with van der Waals surface area (Å²) in [6, 6.07) is 11.1. The lowest BCUT2D eigenvalue weighted by atomic mass is 10.2. The SMILES string of the molecule is COc1ccc(Cl)cc1CN(C)C(=O)c1nnn(-c2cccc([N+](=O)[O-])c2)c1C. The van der Waals surface area contributed by atoms with Crippen LogP contribution in [0.3, 0.4) is 0 Å². The Bertz CT molecular complexity index is 1080. The van der Waals surface area contributed by atoms with Crippen molar-refractivity contribution in [1.82, 2.24) is 19.9 Å². The predicted molar refractivity (Wildman–Crippen MR) is 107 cm³/mol. The summed E-state index contributed by atoms with van der Waals surface area (Å²) in [4.78, 5) is 24.9. The van der Waals surface area contributed by atoms with Gasteiger partial charge in [-0.1, -0.05) is 22.9 Å². The Balaban J connectivity index is 1.86. The third-order valence-electron chi connectivity index (χ3n) is 4.38. The monoisotopic (exact) mass is 415 g/mol. The number of hydrogen-bond donors (Lipinski definition) is 0. The van der Waals surface area contributed by atoms with E-state index >= 15 is 0 Å². The number of ether oxygens (including phenoxy) is 1. The molecule has 0 aliphatic rings. The number of amides is 1. The van der Waals surface area contributed by atoms with Crippen LogP contribution in [-0.4, -0.2) is 44.9 Å². The molecule has 1 amide bonds. The van der Waals surface area contributed by atoms with Crippen LogP contribution in [0, 0.1) is 17.0 Å². The van der Waals surface area contributed by atoms with E-state index in [1.807, 2.05) is 0 Å². The highest BCUT2D eigenvalue weighted by Gasteiger charge is 2.22. The van der Waals surface area contributed by atoms with Gasteiger partial charge in [-0.3, -0.25) is 14.9 Å². The zero-order chi connectivity index (χ0) is 21.1. The first-order chi connectivity index (χ1) is 13.8. The van der Waals surface area contributed by atoms with Gasteiger partial charge in [0.1, 0.15) is 5.75 Å². The van der Waals surface area contributed by atoms with Crippen molar-refractivity contribution in [2.24, 2.45) is 0 Å². The second kappa shape index (κ2) is 8.27. The molecule has 0 aliphatic carbocycles. The summed E-state index contributed by atoms with van der Waals surface area (Å²) >= 11 is 6.05. The van der Waals surface area contributed by atoms with E-state index in [1.54, 1.807) is 51.4 Å². The van der Waals surface area contributed by atoms with Gasteiger partial charge in [-0.05, 0) is 31.2 Å². The van der Waals surface area contributed by atoms with Crippen molar-refractivity contribution in [3.63, 3.8) is 0 Å². The predicted octanol–water partition coefficient (Wildman–Crippen LogP) is 3.42. The summed E-state index contributed by atoms with van der Waals surface area (Å²) in [7, 11) is 3.18. The van der Waals surface area contributed by atoms with E-state index in [9.17, 15) is 14.9 Å². The fourth-order valence-electron chi connectivity index (χ4n) is 2.89. The maximum Gasteiger partial charge on any atom is 0.276 e. The lowest BCUT2D eigenvalue weighted by Crippen LogP contribution is -2.27. The molecule has 0 spiro atoms. The molecule has 10 heteroatoms. The molecule has 0 saturated carbocycles. The lowest BCUT2D eigenvalue weighted by molar-refractivity contribution is -0.384. The molecule has 3 rings (SSSR count). The molecule has 9 nitrogen and oxygen atoms in total. The molecule has 0 aliphatic heterocycles. The van der Waals surface area contributed by atoms with Crippen molar-refractivity contribution >= 4 is 23.2 Å². The standard InChI is InChI=1S/C19H18ClN5O4/c1-12-18(21-22-24(12)15-5-4-6-16(10-15)25(27)28)19(26)23(2)11-13-9-14(20)7-8-17(13)29-3/h4-10H,11H2,1-3H3. The van der Waals surface area contributed by atoms with Crippen molar-refractivity contribution in [3.8, 4) is 11.4 Å². The Hall–Kier alpha value is -3.46. The van der Waals surface area contributed by atoms with Crippen LogP contribution in [0.5, 0.6) is 5.75 Å². The molecule has 0 fully saturated rings. The number of carbonyl (C=O) groups is 1. The van der Waals surface area contributed by atoms with Gasteiger partial charge in [-0.25, -0.2) is 4.68 Å². The van der Waals surface area contributed by atoms with Crippen LogP contribution in [0.15, 0.2) is 42.5 Å². The molecule has 3 aromatic rings. The van der Waals surface area contributed by atoms with Crippen molar-refractivity contribution in [2.75, 3.05) is 14.2 Å². The largest absolute Gasteiger partial charge is 0.496 e. The fraction of sp³-hybridized carbons (Fsp3) is 0.211. The first-order valence-corrected chi connectivity index (χ1v) is 8.94. The van der Waals surface area contributed by atoms with Gasteiger partial charge in [-0.2, -0.15) is 0 Å². The number of nitrogens with zero attached hydrogens (tertiary/aromatic N) is 5. The number of nitro groups is 1. The van der Waals surface area contributed by atoms with E-state index in [0.29, 0.717) is 22.2 Å². The minimum Gasteiger partial charge on any atom is -0.496 e. The number of halogens is 1. The molecule has 0 saturated heterocycles. The van der Waals surface area contributed by atoms with Gasteiger partial charge in [0.05, 0.1) is 23.4 Å². The number of hydrogen-bond acceptors (Lipinski definition) is 6. The van der Waals surface area contributed by atoms with Crippen LogP contribution < -0.4 is 4.74 Å². The van der Waals surface area contributed by atoms with Gasteiger partial charge >= 0.3 is 0 Å². The number of benzene rings is 2. The van der Waals surface area contributed by atoms with E-state index in [-0.39, 0.29) is 23.8 Å². The van der Waals surface area contributed by atoms with E-state index in [4.69, 9.17) is 16.3 Å². The molecule has 0 radical (unpaired) electrons. The summed E-state index contributed by atoms with van der Waals surface area (Å²) in [6.45, 7) is 1.94. The maximum atomic E-state index is 12.9. The quantitative estimate of drug-likeness (QED) is 0.451. The Morgan fingerprint density at radius 2 is 2.07 bits per heavy atom. The van der Waals surface area contributed by atoms with Gasteiger partial charge in [0.25, 0.3) is 11.6 Å². The van der Waals surface area contributed by atoms with Crippen LogP contribution in [-0.2, 0) is 6.54 Å². The van der Waals surface area contributed by atoms with Crippen molar-refractivity contribution in [2.45, 2.75) is 13.5 Å². The van der Waals surface area contributed by atoms with Crippen LogP contribution in [0.25, 0.3) is 5.69 Å². The molecule has 0 N–H and O–H groups in total. The molecule has 29 heavy (non-hydrogen) atoms. The molecule has 0 bridgehead atoms. The molecule has 0 atom stereocenters. The number of aromatic nitrogens is 3. The molecule has 1 heterocycles. The van der Waals surface area contributed by atoms with E-state index in [1.165, 1.54) is 21.7 Å². The fourth-order valence-corrected chi connectivity index (χ4v) is 3.08. The smallest absolute Gasteiger partial charge is 0.276 e. The highest BCUT2D eigenvalue weighted by Crippen LogP contribution is 2.25. The van der Waals surface area contributed by atoms with Gasteiger partial charge in [0.2, 0.25) is 0 Å². The average molecular weight is 416 g/mol. The lowest BCUT2D eigenvalue weighted by Gasteiger charge is -2.18. The summed E-state index contributed by atoms with van der Waals surface area (Å²) in [6.07, 6.45) is 0. The van der Waals surface area contributed by atoms with Gasteiger partial charge < -0.3 is 9.64 Å². The number of carbonyl (C=O) groups excluding carboxylic acids is 1. The highest BCUT2D eigenvalue weighted by molar-refractivity contribution is 6.30. The molecule has 0 unspecified atom stereocenters. The third kappa shape index (κ3) is 4.19. The minimum atomic E-state index is -0.492. The van der Waals surface area contributed by atoms with Crippen LogP contribution in [0.2, 0.25) is 5.02 Å². The second-order valence-corrected chi connectivity index (χ2v) is 6.77. The summed E-state index contributed by atoms with van der Waals surface area (Å²) < 4.78 is 6.72. The Morgan fingerprint density at radius 3 is 2.76 bits per heavy atom. The van der Waals surface area contributed by atoms with E-state index in [2.05, 4.69) is 10.3 Å².